The van der Waals surface area contributed by atoms with Crippen molar-refractivity contribution in [1.29, 1.82) is 0 Å². The molecule has 148 heavy (non-hydrogen) atoms. The summed E-state index contributed by atoms with van der Waals surface area (Å²) in [6.45, 7) is 40.3. The summed E-state index contributed by atoms with van der Waals surface area (Å²) in [6.07, 6.45) is 19.6. The third kappa shape index (κ3) is 23.8. The van der Waals surface area contributed by atoms with Gasteiger partial charge in [-0.3, -0.25) is 0 Å². The molecule has 4 heterocycles. The second-order valence-electron chi connectivity index (χ2n) is 45.5. The molecule has 0 radical (unpaired) electrons. The first-order chi connectivity index (χ1) is 71.2. The first-order valence-electron chi connectivity index (χ1n) is 53.5. The Bertz CT molecular complexity index is 7450. The van der Waals surface area contributed by atoms with Gasteiger partial charge >= 0.3 is 0 Å². The van der Waals surface area contributed by atoms with E-state index in [0.29, 0.717) is 43.7 Å². The fourth-order valence-corrected chi connectivity index (χ4v) is 21.6. The van der Waals surface area contributed by atoms with Crippen molar-refractivity contribution in [3.63, 3.8) is 0 Å². The van der Waals surface area contributed by atoms with Gasteiger partial charge in [0.2, 0.25) is 13.6 Å². The van der Waals surface area contributed by atoms with E-state index in [1.165, 1.54) is 171 Å². The van der Waals surface area contributed by atoms with Crippen LogP contribution in [0.1, 0.15) is 221 Å². The zero-order chi connectivity index (χ0) is 103. The molecule has 0 atom stereocenters. The zero-order valence-corrected chi connectivity index (χ0v) is 89.8. The smallest absolute Gasteiger partial charge is 0.231 e. The molecule has 0 saturated carbocycles. The Morgan fingerprint density at radius 3 is 1.13 bits per heavy atom. The van der Waals surface area contributed by atoms with Gasteiger partial charge in [0, 0.05) is 44.5 Å². The summed E-state index contributed by atoms with van der Waals surface area (Å²) in [6, 6.07) is 97.1. The molecule has 0 bridgehead atoms. The quantitative estimate of drug-likeness (QED) is 0.115. The maximum Gasteiger partial charge on any atom is 0.231 e. The minimum atomic E-state index is -0.336. The van der Waals surface area contributed by atoms with E-state index in [2.05, 4.69) is 316 Å². The predicted octanol–water partition coefficient (Wildman–Crippen LogP) is 34.3. The molecule has 4 aliphatic heterocycles. The minimum absolute atomic E-state index is 0.174. The van der Waals surface area contributed by atoms with Crippen LogP contribution in [0.15, 0.2) is 279 Å². The molecular formula is C134H144O14. The lowest BCUT2D eigenvalue weighted by Gasteiger charge is -2.32. The van der Waals surface area contributed by atoms with Gasteiger partial charge < -0.3 is 66.3 Å². The molecule has 14 nitrogen and oxygen atoms in total. The normalized spacial score (nSPS) is 14.7. The van der Waals surface area contributed by atoms with E-state index >= 15 is 0 Å². The Morgan fingerprint density at radius 1 is 0.189 bits per heavy atom. The minimum Gasteiger partial charge on any atom is -0.488 e. The lowest BCUT2D eigenvalue weighted by molar-refractivity contribution is 0.130. The van der Waals surface area contributed by atoms with E-state index in [0.717, 1.165) is 133 Å². The van der Waals surface area contributed by atoms with E-state index in [1.54, 1.807) is 16.7 Å². The highest BCUT2D eigenvalue weighted by molar-refractivity contribution is 6.12. The van der Waals surface area contributed by atoms with Crippen molar-refractivity contribution in [1.82, 2.24) is 0 Å². The summed E-state index contributed by atoms with van der Waals surface area (Å²) >= 11 is 0. The maximum absolute atomic E-state index is 6.54. The van der Waals surface area contributed by atoms with Crippen molar-refractivity contribution in [3.05, 3.63) is 324 Å². The van der Waals surface area contributed by atoms with E-state index in [9.17, 15) is 0 Å². The average Bonchev–Trinajstić information content (AvgIpc) is 0.863. The largest absolute Gasteiger partial charge is 0.488 e. The van der Waals surface area contributed by atoms with Gasteiger partial charge in [-0.2, -0.15) is 0 Å². The highest BCUT2D eigenvalue weighted by Gasteiger charge is 2.36. The van der Waals surface area contributed by atoms with Gasteiger partial charge in [-0.05, 0) is 392 Å². The molecule has 0 fully saturated rings. The van der Waals surface area contributed by atoms with Crippen LogP contribution < -0.4 is 66.3 Å². The molecule has 16 aromatic rings. The fraction of sp³-hybridized carbons (Fsp3) is 0.343. The maximum atomic E-state index is 6.54. The Balaban J connectivity index is 0.000000112. The van der Waals surface area contributed by atoms with Gasteiger partial charge in [-0.25, -0.2) is 0 Å². The van der Waals surface area contributed by atoms with Gasteiger partial charge in [0.05, 0.1) is 5.56 Å². The molecular weight excluding hydrogens is 1830 g/mol. The van der Waals surface area contributed by atoms with Gasteiger partial charge in [0.25, 0.3) is 0 Å². The number of rotatable bonds is 12. The first kappa shape index (κ1) is 102. The van der Waals surface area contributed by atoms with Crippen molar-refractivity contribution in [2.45, 2.75) is 261 Å². The molecule has 0 spiro atoms. The number of para-hydroxylation sites is 2. The number of fused-ring (bicyclic) bond motifs is 12. The van der Waals surface area contributed by atoms with Crippen LogP contribution >= 0.6 is 0 Å². The number of ether oxygens (including phenoxy) is 14. The average molecular weight is 1980 g/mol. The number of benzene rings is 16. The number of aryl methyl sites for hydroxylation is 4. The third-order valence-electron chi connectivity index (χ3n) is 27.3. The van der Waals surface area contributed by atoms with E-state index in [1.807, 2.05) is 87.5 Å². The van der Waals surface area contributed by atoms with Gasteiger partial charge in [0.15, 0.2) is 46.0 Å². The lowest BCUT2D eigenvalue weighted by Crippen LogP contribution is -2.24. The van der Waals surface area contributed by atoms with E-state index in [-0.39, 0.29) is 47.2 Å². The zero-order valence-electron chi connectivity index (χ0n) is 89.8. The van der Waals surface area contributed by atoms with Crippen LogP contribution in [0.25, 0.3) is 110 Å². The Labute approximate surface area is 875 Å². The molecule has 0 amide bonds. The summed E-state index contributed by atoms with van der Waals surface area (Å²) in [5, 5.41) is 9.51. The molecule has 24 rings (SSSR count). The van der Waals surface area contributed by atoms with Crippen LogP contribution in [0, 0.1) is 0 Å². The molecule has 4 aliphatic carbocycles. The molecule has 0 unspecified atom stereocenters. The molecule has 0 N–H and O–H groups in total. The van der Waals surface area contributed by atoms with Crippen LogP contribution in [0.3, 0.4) is 0 Å². The second-order valence-corrected chi connectivity index (χ2v) is 45.5. The molecule has 14 heteroatoms. The summed E-state index contributed by atoms with van der Waals surface area (Å²) in [5.74, 6) is 11.8. The van der Waals surface area contributed by atoms with Gasteiger partial charge in [-0.15, -0.1) is 0 Å². The van der Waals surface area contributed by atoms with Crippen LogP contribution in [0.5, 0.6) is 80.5 Å². The number of hydrogen-bond acceptors (Lipinski definition) is 14. The summed E-state index contributed by atoms with van der Waals surface area (Å²) in [4.78, 5) is 0. The SMILES string of the molecule is CC(C)(C)Oc1ccc2c(c1-c1c3c(cc4c1OCCO4)CCCC3)CCCC2.CC(C)(C)Oc1ccc2c(c1-c1cccc3c1CCCC3)CCCC2.CC(C)(C)Oc1ccc2c(c1-c1cccc3c1OCO3)OCO2.CC(C)(C)Oc1ccc2ccccc2c1-c1c2c(cc3ccccc13)OCCO2.CC(C)(C)Oc1ccc2ccccc2c1-c1cccc2ccccc12.CC(C)(C)Oc1ccccc1-c1ccccc1. The van der Waals surface area contributed by atoms with Crippen molar-refractivity contribution < 1.29 is 66.3 Å². The molecule has 8 aliphatic rings. The van der Waals surface area contributed by atoms with E-state index in [4.69, 9.17) is 66.3 Å². The second kappa shape index (κ2) is 43.7. The van der Waals surface area contributed by atoms with Gasteiger partial charge in [-0.1, -0.05) is 218 Å². The summed E-state index contributed by atoms with van der Waals surface area (Å²) in [5.41, 5.74) is 24.4. The first-order valence-corrected chi connectivity index (χ1v) is 53.5. The lowest BCUT2D eigenvalue weighted by atomic mass is 9.80. The van der Waals surface area contributed by atoms with E-state index < -0.39 is 0 Å². The Kier molecular flexibility index (Phi) is 30.2. The molecule has 0 aromatic heterocycles. The topological polar surface area (TPSA) is 129 Å². The third-order valence-corrected chi connectivity index (χ3v) is 27.3. The Morgan fingerprint density at radius 2 is 0.547 bits per heavy atom. The van der Waals surface area contributed by atoms with Crippen molar-refractivity contribution >= 4 is 43.1 Å². The summed E-state index contributed by atoms with van der Waals surface area (Å²) < 4.78 is 84.7. The standard InChI is InChI=1S/C26H32O3.C26H24O3.C24H30O.C24H22O.C18H18O5.C16H18O/c2*1-26(2,3)29-21-13-12-17-8-4-6-10-19(17)23(21)24-20-11-7-5-9-18(20)16-22-25(24)28-15-14-27-22;2*1-24(2,3)25-22-16-15-18-10-5-7-13-20(18)23(22)21-14-8-11-17-9-4-6-12-19(17)21;1-18(2,3)23-12-7-8-14-17(22-10-20-14)15(12)11-5-4-6-13-16(11)21-9-19-13;1-16(2,3)17-15-12-8-7-11-14(15)13-9-5-4-6-10-13/h12-13,16H,4-11,14-15H2,1-3H3;4-13,16H,14-15H2,1-3H3;8,11,14-16H,4-7,9-10,12-13H2,1-3H3;4-16H,1-3H3;4-8H,9-10H2,1-3H3;4-12H,1-3H3. The van der Waals surface area contributed by atoms with Crippen molar-refractivity contribution in [2.24, 2.45) is 0 Å². The van der Waals surface area contributed by atoms with Crippen LogP contribution in [0.4, 0.5) is 0 Å². The van der Waals surface area contributed by atoms with Crippen molar-refractivity contribution in [3.8, 4) is 147 Å². The predicted molar refractivity (Wildman–Crippen MR) is 604 cm³/mol. The summed E-state index contributed by atoms with van der Waals surface area (Å²) in [7, 11) is 0. The van der Waals surface area contributed by atoms with Crippen LogP contribution in [-0.2, 0) is 51.4 Å². The van der Waals surface area contributed by atoms with Crippen molar-refractivity contribution in [2.75, 3.05) is 40.0 Å². The Hall–Kier alpha value is -14.2. The highest BCUT2D eigenvalue weighted by atomic mass is 16.7. The molecule has 0 saturated heterocycles. The molecule has 16 aromatic carbocycles. The number of hydrogen-bond donors (Lipinski definition) is 0. The fourth-order valence-electron chi connectivity index (χ4n) is 21.6. The highest BCUT2D eigenvalue weighted by Crippen LogP contribution is 2.57. The van der Waals surface area contributed by atoms with Crippen LogP contribution in [-0.4, -0.2) is 73.6 Å². The molecule has 764 valence electrons. The van der Waals surface area contributed by atoms with Gasteiger partial charge in [0.1, 0.15) is 94.5 Å². The monoisotopic (exact) mass is 1980 g/mol. The van der Waals surface area contributed by atoms with Crippen LogP contribution in [0.2, 0.25) is 0 Å².